The first-order valence-corrected chi connectivity index (χ1v) is 5.81. The van der Waals surface area contributed by atoms with Crippen LogP contribution in [0.2, 0.25) is 0 Å². The highest BCUT2D eigenvalue weighted by Crippen LogP contribution is 2.19. The summed E-state index contributed by atoms with van der Waals surface area (Å²) in [5.74, 6) is -0.430. The van der Waals surface area contributed by atoms with Gasteiger partial charge in [0.1, 0.15) is 0 Å². The maximum absolute atomic E-state index is 11.5. The minimum atomic E-state index is -0.430. The normalized spacial score (nSPS) is 11.9. The van der Waals surface area contributed by atoms with Crippen molar-refractivity contribution in [2.75, 3.05) is 31.9 Å². The maximum Gasteiger partial charge on any atom is 0.340 e. The molecule has 0 aliphatic heterocycles. The van der Waals surface area contributed by atoms with Crippen LogP contribution in [-0.2, 0) is 9.47 Å². The first-order chi connectivity index (χ1) is 8.58. The van der Waals surface area contributed by atoms with E-state index in [9.17, 15) is 4.79 Å². The summed E-state index contributed by atoms with van der Waals surface area (Å²) in [6.45, 7) is 2.74. The van der Waals surface area contributed by atoms with Crippen LogP contribution < -0.4 is 11.1 Å². The van der Waals surface area contributed by atoms with Gasteiger partial charge in [0.05, 0.1) is 12.7 Å². The smallest absolute Gasteiger partial charge is 0.340 e. The minimum Gasteiger partial charge on any atom is -0.465 e. The van der Waals surface area contributed by atoms with Gasteiger partial charge in [-0.1, -0.05) is 0 Å². The monoisotopic (exact) mass is 252 g/mol. The van der Waals surface area contributed by atoms with Crippen LogP contribution in [-0.4, -0.2) is 32.8 Å². The number of rotatable bonds is 6. The molecule has 1 unspecified atom stereocenters. The predicted octanol–water partition coefficient (Wildman–Crippen LogP) is 1.89. The second-order valence-electron chi connectivity index (χ2n) is 4.12. The van der Waals surface area contributed by atoms with Crippen molar-refractivity contribution in [2.45, 2.75) is 19.4 Å². The lowest BCUT2D eigenvalue weighted by Crippen LogP contribution is -2.17. The van der Waals surface area contributed by atoms with Crippen LogP contribution in [0.4, 0.5) is 11.4 Å². The summed E-state index contributed by atoms with van der Waals surface area (Å²) in [4.78, 5) is 11.5. The van der Waals surface area contributed by atoms with Gasteiger partial charge in [0.2, 0.25) is 0 Å². The molecule has 0 aromatic heterocycles. The number of nitrogens with two attached hydrogens (primary N) is 1. The molecule has 3 N–H and O–H groups in total. The molecule has 0 spiro atoms. The lowest BCUT2D eigenvalue weighted by Gasteiger charge is -2.15. The topological polar surface area (TPSA) is 73.6 Å². The summed E-state index contributed by atoms with van der Waals surface area (Å²) >= 11 is 0. The second-order valence-corrected chi connectivity index (χ2v) is 4.12. The number of hydrogen-bond donors (Lipinski definition) is 2. The molecule has 18 heavy (non-hydrogen) atoms. The van der Waals surface area contributed by atoms with Gasteiger partial charge in [-0.3, -0.25) is 0 Å². The molecule has 0 fully saturated rings. The number of ether oxygens (including phenoxy) is 2. The highest BCUT2D eigenvalue weighted by Gasteiger charge is 2.11. The molecule has 5 nitrogen and oxygen atoms in total. The van der Waals surface area contributed by atoms with E-state index in [-0.39, 0.29) is 6.04 Å². The summed E-state index contributed by atoms with van der Waals surface area (Å²) in [6, 6.07) is 5.48. The summed E-state index contributed by atoms with van der Waals surface area (Å²) in [5, 5.41) is 3.28. The number of nitrogens with one attached hydrogen (secondary N) is 1. The van der Waals surface area contributed by atoms with Gasteiger partial charge in [-0.15, -0.1) is 0 Å². The van der Waals surface area contributed by atoms with Gasteiger partial charge in [0.25, 0.3) is 0 Å². The summed E-state index contributed by atoms with van der Waals surface area (Å²) in [6.07, 6.45) is 0.883. The van der Waals surface area contributed by atoms with Gasteiger partial charge in [-0.05, 0) is 31.5 Å². The van der Waals surface area contributed by atoms with Gasteiger partial charge in [0, 0.05) is 31.1 Å². The Morgan fingerprint density at radius 1 is 1.44 bits per heavy atom. The van der Waals surface area contributed by atoms with Crippen molar-refractivity contribution >= 4 is 17.3 Å². The zero-order valence-electron chi connectivity index (χ0n) is 11.0. The van der Waals surface area contributed by atoms with Crippen LogP contribution in [0.25, 0.3) is 0 Å². The van der Waals surface area contributed by atoms with Gasteiger partial charge in [0.15, 0.2) is 0 Å². The number of carbonyl (C=O) groups excluding carboxylic acids is 1. The zero-order valence-corrected chi connectivity index (χ0v) is 11.0. The van der Waals surface area contributed by atoms with Crippen molar-refractivity contribution in [1.82, 2.24) is 0 Å². The molecule has 1 aromatic rings. The number of carbonyl (C=O) groups is 1. The number of anilines is 2. The first-order valence-electron chi connectivity index (χ1n) is 5.81. The van der Waals surface area contributed by atoms with Crippen molar-refractivity contribution in [3.63, 3.8) is 0 Å². The molecular weight excluding hydrogens is 232 g/mol. The van der Waals surface area contributed by atoms with Crippen LogP contribution in [0.3, 0.4) is 0 Å². The van der Waals surface area contributed by atoms with Crippen molar-refractivity contribution < 1.29 is 14.3 Å². The third kappa shape index (κ3) is 3.92. The third-order valence-electron chi connectivity index (χ3n) is 2.63. The Balaban J connectivity index is 2.75. The van der Waals surface area contributed by atoms with Gasteiger partial charge in [-0.2, -0.15) is 0 Å². The highest BCUT2D eigenvalue weighted by molar-refractivity contribution is 5.96. The molecule has 5 heteroatoms. The van der Waals surface area contributed by atoms with E-state index in [0.717, 1.165) is 12.1 Å². The van der Waals surface area contributed by atoms with E-state index in [0.29, 0.717) is 17.9 Å². The zero-order chi connectivity index (χ0) is 13.5. The molecule has 1 atom stereocenters. The van der Waals surface area contributed by atoms with Gasteiger partial charge < -0.3 is 20.5 Å². The lowest BCUT2D eigenvalue weighted by molar-refractivity contribution is 0.0602. The standard InChI is InChI=1S/C13H20N2O3/c1-9(6-7-17-2)15-10-4-5-12(14)11(8-10)13(16)18-3/h4-5,8-9,15H,6-7,14H2,1-3H3. The molecule has 0 radical (unpaired) electrons. The van der Waals surface area contributed by atoms with Crippen LogP contribution >= 0.6 is 0 Å². The van der Waals surface area contributed by atoms with Crippen molar-refractivity contribution in [1.29, 1.82) is 0 Å². The Bertz CT molecular complexity index is 407. The first kappa shape index (κ1) is 14.3. The molecule has 0 aliphatic rings. The fourth-order valence-corrected chi connectivity index (χ4v) is 1.58. The molecular formula is C13H20N2O3. The van der Waals surface area contributed by atoms with Crippen molar-refractivity contribution in [2.24, 2.45) is 0 Å². The molecule has 0 saturated heterocycles. The van der Waals surface area contributed by atoms with Crippen LogP contribution in [0.5, 0.6) is 0 Å². The van der Waals surface area contributed by atoms with E-state index in [1.165, 1.54) is 7.11 Å². The van der Waals surface area contributed by atoms with Crippen molar-refractivity contribution in [3.8, 4) is 0 Å². The number of esters is 1. The number of hydrogen-bond acceptors (Lipinski definition) is 5. The maximum atomic E-state index is 11.5. The summed E-state index contributed by atoms with van der Waals surface area (Å²) < 4.78 is 9.69. The predicted molar refractivity (Wildman–Crippen MR) is 71.8 cm³/mol. The van der Waals surface area contributed by atoms with E-state index < -0.39 is 5.97 Å². The molecule has 0 amide bonds. The Kier molecular flexibility index (Phi) is 5.45. The number of benzene rings is 1. The number of methoxy groups -OCH3 is 2. The Morgan fingerprint density at radius 2 is 2.17 bits per heavy atom. The Hall–Kier alpha value is -1.75. The fraction of sp³-hybridized carbons (Fsp3) is 0.462. The SMILES string of the molecule is COCCC(C)Nc1ccc(N)c(C(=O)OC)c1. The summed E-state index contributed by atoms with van der Waals surface area (Å²) in [5.41, 5.74) is 7.36. The lowest BCUT2D eigenvalue weighted by atomic mass is 10.1. The van der Waals surface area contributed by atoms with Gasteiger partial charge in [-0.25, -0.2) is 4.79 Å². The van der Waals surface area contributed by atoms with E-state index in [1.54, 1.807) is 19.2 Å². The molecule has 0 bridgehead atoms. The Morgan fingerprint density at radius 3 is 2.78 bits per heavy atom. The summed E-state index contributed by atoms with van der Waals surface area (Å²) in [7, 11) is 3.01. The average molecular weight is 252 g/mol. The second kappa shape index (κ2) is 6.86. The molecule has 1 rings (SSSR count). The van der Waals surface area contributed by atoms with Crippen molar-refractivity contribution in [3.05, 3.63) is 23.8 Å². The minimum absolute atomic E-state index is 0.249. The quantitative estimate of drug-likeness (QED) is 0.597. The van der Waals surface area contributed by atoms with E-state index in [4.69, 9.17) is 10.5 Å². The van der Waals surface area contributed by atoms with Crippen LogP contribution in [0.15, 0.2) is 18.2 Å². The Labute approximate surface area is 107 Å². The highest BCUT2D eigenvalue weighted by atomic mass is 16.5. The van der Waals surface area contributed by atoms with Crippen LogP contribution in [0.1, 0.15) is 23.7 Å². The van der Waals surface area contributed by atoms with Gasteiger partial charge >= 0.3 is 5.97 Å². The van der Waals surface area contributed by atoms with E-state index in [2.05, 4.69) is 10.1 Å². The molecule has 0 aliphatic carbocycles. The van der Waals surface area contributed by atoms with Crippen LogP contribution in [0, 0.1) is 0 Å². The third-order valence-corrected chi connectivity index (χ3v) is 2.63. The molecule has 0 saturated carbocycles. The molecule has 1 aromatic carbocycles. The molecule has 100 valence electrons. The fourth-order valence-electron chi connectivity index (χ4n) is 1.58. The van der Waals surface area contributed by atoms with E-state index >= 15 is 0 Å². The number of nitrogen functional groups attached to an aromatic ring is 1. The molecule has 0 heterocycles. The average Bonchev–Trinajstić information content (AvgIpc) is 2.37. The largest absolute Gasteiger partial charge is 0.465 e. The van der Waals surface area contributed by atoms with E-state index in [1.807, 2.05) is 13.0 Å².